The first-order valence-corrected chi connectivity index (χ1v) is 4.26. The van der Waals surface area contributed by atoms with Crippen molar-refractivity contribution in [2.24, 2.45) is 0 Å². The van der Waals surface area contributed by atoms with Crippen LogP contribution in [0.5, 0.6) is 0 Å². The Hall–Kier alpha value is -0.0300. The standard InChI is InChI=1S/C7H7IO2/c8-5-1-4-10-6(5)7(9)2-3-7/h1,4,9H,2-3H2. The van der Waals surface area contributed by atoms with Gasteiger partial charge in [0.25, 0.3) is 0 Å². The molecule has 1 aliphatic carbocycles. The monoisotopic (exact) mass is 250 g/mol. The average molecular weight is 250 g/mol. The van der Waals surface area contributed by atoms with Gasteiger partial charge in [-0.1, -0.05) is 0 Å². The van der Waals surface area contributed by atoms with Gasteiger partial charge in [0, 0.05) is 0 Å². The molecule has 10 heavy (non-hydrogen) atoms. The van der Waals surface area contributed by atoms with E-state index in [1.807, 2.05) is 6.07 Å². The summed E-state index contributed by atoms with van der Waals surface area (Å²) in [6.07, 6.45) is 3.31. The van der Waals surface area contributed by atoms with Crippen LogP contribution in [-0.2, 0) is 5.60 Å². The predicted molar refractivity (Wildman–Crippen MR) is 44.6 cm³/mol. The summed E-state index contributed by atoms with van der Waals surface area (Å²) in [7, 11) is 0. The molecule has 1 N–H and O–H groups in total. The van der Waals surface area contributed by atoms with E-state index in [0.717, 1.165) is 22.2 Å². The third-order valence-electron chi connectivity index (χ3n) is 1.76. The van der Waals surface area contributed by atoms with Gasteiger partial charge in [-0.05, 0) is 41.5 Å². The molecule has 1 aromatic rings. The molecule has 54 valence electrons. The number of furan rings is 1. The summed E-state index contributed by atoms with van der Waals surface area (Å²) >= 11 is 2.17. The Morgan fingerprint density at radius 2 is 2.30 bits per heavy atom. The fourth-order valence-electron chi connectivity index (χ4n) is 0.971. The highest BCUT2D eigenvalue weighted by atomic mass is 127. The summed E-state index contributed by atoms with van der Waals surface area (Å²) in [5.74, 6) is 0.744. The van der Waals surface area contributed by atoms with Crippen molar-refractivity contribution in [3.63, 3.8) is 0 Å². The van der Waals surface area contributed by atoms with Gasteiger partial charge in [0.1, 0.15) is 11.4 Å². The average Bonchev–Trinajstić information content (AvgIpc) is 2.44. The molecule has 1 aliphatic rings. The Kier molecular flexibility index (Phi) is 1.32. The highest BCUT2D eigenvalue weighted by Gasteiger charge is 2.46. The first-order chi connectivity index (χ1) is 4.72. The van der Waals surface area contributed by atoms with Gasteiger partial charge >= 0.3 is 0 Å². The smallest absolute Gasteiger partial charge is 0.148 e. The molecule has 3 heteroatoms. The molecule has 0 amide bonds. The first kappa shape index (κ1) is 6.67. The van der Waals surface area contributed by atoms with Crippen molar-refractivity contribution in [3.05, 3.63) is 21.7 Å². The second-order valence-electron chi connectivity index (χ2n) is 2.63. The summed E-state index contributed by atoms with van der Waals surface area (Å²) in [5.41, 5.74) is -0.611. The van der Waals surface area contributed by atoms with Gasteiger partial charge in [0.2, 0.25) is 0 Å². The summed E-state index contributed by atoms with van der Waals surface area (Å²) in [6.45, 7) is 0. The number of halogens is 1. The first-order valence-electron chi connectivity index (χ1n) is 3.18. The van der Waals surface area contributed by atoms with Crippen LogP contribution in [0.3, 0.4) is 0 Å². The molecule has 1 aromatic heterocycles. The second-order valence-corrected chi connectivity index (χ2v) is 3.79. The highest BCUT2D eigenvalue weighted by Crippen LogP contribution is 2.46. The Balaban J connectivity index is 2.42. The molecule has 2 rings (SSSR count). The second kappa shape index (κ2) is 1.98. The molecule has 1 saturated carbocycles. The minimum absolute atomic E-state index is 0.611. The van der Waals surface area contributed by atoms with E-state index in [0.29, 0.717) is 0 Å². The molecule has 1 fully saturated rings. The molecule has 0 aromatic carbocycles. The van der Waals surface area contributed by atoms with Gasteiger partial charge in [-0.2, -0.15) is 0 Å². The van der Waals surface area contributed by atoms with Crippen LogP contribution in [0.25, 0.3) is 0 Å². The topological polar surface area (TPSA) is 33.4 Å². The predicted octanol–water partition coefficient (Wildman–Crippen LogP) is 1.87. The third-order valence-corrected chi connectivity index (χ3v) is 2.61. The van der Waals surface area contributed by atoms with Gasteiger partial charge in [0.05, 0.1) is 9.83 Å². The molecular formula is C7H7IO2. The largest absolute Gasteiger partial charge is 0.465 e. The van der Waals surface area contributed by atoms with Gasteiger partial charge in [0.15, 0.2) is 0 Å². The molecule has 0 saturated heterocycles. The lowest BCUT2D eigenvalue weighted by molar-refractivity contribution is 0.122. The van der Waals surface area contributed by atoms with Gasteiger partial charge in [-0.15, -0.1) is 0 Å². The fourth-order valence-corrected chi connectivity index (χ4v) is 1.75. The van der Waals surface area contributed by atoms with E-state index in [-0.39, 0.29) is 0 Å². The maximum absolute atomic E-state index is 9.57. The van der Waals surface area contributed by atoms with Gasteiger partial charge in [-0.3, -0.25) is 0 Å². The zero-order chi connectivity index (χ0) is 7.19. The van der Waals surface area contributed by atoms with E-state index in [4.69, 9.17) is 4.42 Å². The van der Waals surface area contributed by atoms with Crippen LogP contribution in [0, 0.1) is 3.57 Å². The summed E-state index contributed by atoms with van der Waals surface area (Å²) in [6, 6.07) is 1.87. The normalized spacial score (nSPS) is 21.0. The van der Waals surface area contributed by atoms with Crippen LogP contribution in [0.4, 0.5) is 0 Å². The Morgan fingerprint density at radius 1 is 1.60 bits per heavy atom. The van der Waals surface area contributed by atoms with E-state index in [1.165, 1.54) is 0 Å². The molecular weight excluding hydrogens is 243 g/mol. The van der Waals surface area contributed by atoms with Crippen molar-refractivity contribution < 1.29 is 9.52 Å². The lowest BCUT2D eigenvalue weighted by atomic mass is 10.2. The highest BCUT2D eigenvalue weighted by molar-refractivity contribution is 14.1. The Labute approximate surface area is 72.4 Å². The molecule has 0 radical (unpaired) electrons. The van der Waals surface area contributed by atoms with Crippen molar-refractivity contribution in [3.8, 4) is 0 Å². The lowest BCUT2D eigenvalue weighted by Gasteiger charge is -2.02. The van der Waals surface area contributed by atoms with E-state index in [9.17, 15) is 5.11 Å². The summed E-state index contributed by atoms with van der Waals surface area (Å²) in [5, 5.41) is 9.57. The van der Waals surface area contributed by atoms with Crippen LogP contribution in [-0.4, -0.2) is 5.11 Å². The number of hydrogen-bond donors (Lipinski definition) is 1. The number of rotatable bonds is 1. The van der Waals surface area contributed by atoms with Crippen LogP contribution >= 0.6 is 22.6 Å². The molecule has 0 atom stereocenters. The van der Waals surface area contributed by atoms with Gasteiger partial charge < -0.3 is 9.52 Å². The quantitative estimate of drug-likeness (QED) is 0.772. The third kappa shape index (κ3) is 0.880. The van der Waals surface area contributed by atoms with Crippen LogP contribution < -0.4 is 0 Å². The number of hydrogen-bond acceptors (Lipinski definition) is 2. The summed E-state index contributed by atoms with van der Waals surface area (Å²) in [4.78, 5) is 0. The van der Waals surface area contributed by atoms with E-state index in [1.54, 1.807) is 6.26 Å². The van der Waals surface area contributed by atoms with Gasteiger partial charge in [-0.25, -0.2) is 0 Å². The zero-order valence-corrected chi connectivity index (χ0v) is 7.46. The zero-order valence-electron chi connectivity index (χ0n) is 5.30. The minimum atomic E-state index is -0.611. The minimum Gasteiger partial charge on any atom is -0.465 e. The number of aliphatic hydroxyl groups is 1. The molecule has 0 unspecified atom stereocenters. The summed E-state index contributed by atoms with van der Waals surface area (Å²) < 4.78 is 6.16. The SMILES string of the molecule is OC1(c2occc2I)CC1. The molecule has 1 heterocycles. The van der Waals surface area contributed by atoms with E-state index < -0.39 is 5.60 Å². The van der Waals surface area contributed by atoms with Crippen molar-refractivity contribution in [1.82, 2.24) is 0 Å². The van der Waals surface area contributed by atoms with Crippen molar-refractivity contribution >= 4 is 22.6 Å². The molecule has 2 nitrogen and oxygen atoms in total. The van der Waals surface area contributed by atoms with E-state index >= 15 is 0 Å². The lowest BCUT2D eigenvalue weighted by Crippen LogP contribution is -2.03. The van der Waals surface area contributed by atoms with Crippen LogP contribution in [0.1, 0.15) is 18.6 Å². The Bertz CT molecular complexity index is 250. The molecule has 0 aliphatic heterocycles. The maximum Gasteiger partial charge on any atom is 0.148 e. The van der Waals surface area contributed by atoms with Crippen LogP contribution in [0.2, 0.25) is 0 Å². The molecule has 0 bridgehead atoms. The molecule has 0 spiro atoms. The fraction of sp³-hybridized carbons (Fsp3) is 0.429. The van der Waals surface area contributed by atoms with E-state index in [2.05, 4.69) is 22.6 Å². The van der Waals surface area contributed by atoms with Crippen molar-refractivity contribution in [2.45, 2.75) is 18.4 Å². The van der Waals surface area contributed by atoms with Crippen LogP contribution in [0.15, 0.2) is 16.7 Å². The van der Waals surface area contributed by atoms with Crippen molar-refractivity contribution in [2.75, 3.05) is 0 Å². The maximum atomic E-state index is 9.57. The van der Waals surface area contributed by atoms with Crippen molar-refractivity contribution in [1.29, 1.82) is 0 Å². The Morgan fingerprint density at radius 3 is 2.70 bits per heavy atom.